The van der Waals surface area contributed by atoms with Crippen LogP contribution in [0.4, 0.5) is 4.39 Å². The van der Waals surface area contributed by atoms with Gasteiger partial charge in [-0.05, 0) is 54.8 Å². The molecule has 2 aromatic carbocycles. The standard InChI is InChI=1S/C20H22FNO4S/c1-26-13-14-27(24,25)18-10-6-16(7-11-18)20(23)22-12-2-3-19(22)15-4-8-17(21)9-5-15/h4-11,19H,2-3,12-14H2,1H3. The van der Waals surface area contributed by atoms with Gasteiger partial charge in [0.25, 0.3) is 5.91 Å². The van der Waals surface area contributed by atoms with Crippen LogP contribution in [0.2, 0.25) is 0 Å². The lowest BCUT2D eigenvalue weighted by molar-refractivity contribution is 0.0735. The Balaban J connectivity index is 1.78. The zero-order valence-electron chi connectivity index (χ0n) is 15.1. The van der Waals surface area contributed by atoms with E-state index >= 15 is 0 Å². The molecule has 1 aliphatic rings. The highest BCUT2D eigenvalue weighted by Crippen LogP contribution is 2.33. The molecule has 1 aliphatic heterocycles. The van der Waals surface area contributed by atoms with Gasteiger partial charge < -0.3 is 9.64 Å². The number of carbonyl (C=O) groups excluding carboxylic acids is 1. The molecule has 1 saturated heterocycles. The van der Waals surface area contributed by atoms with E-state index < -0.39 is 9.84 Å². The summed E-state index contributed by atoms with van der Waals surface area (Å²) < 4.78 is 42.4. The number of nitrogens with zero attached hydrogens (tertiary/aromatic N) is 1. The molecule has 1 fully saturated rings. The van der Waals surface area contributed by atoms with Gasteiger partial charge in [-0.1, -0.05) is 12.1 Å². The highest BCUT2D eigenvalue weighted by molar-refractivity contribution is 7.91. The van der Waals surface area contributed by atoms with Crippen LogP contribution in [0.1, 0.15) is 34.8 Å². The number of amides is 1. The lowest BCUT2D eigenvalue weighted by Crippen LogP contribution is -2.30. The maximum Gasteiger partial charge on any atom is 0.254 e. The summed E-state index contributed by atoms with van der Waals surface area (Å²) in [6.45, 7) is 0.741. The third kappa shape index (κ3) is 4.36. The van der Waals surface area contributed by atoms with Gasteiger partial charge in [0.15, 0.2) is 9.84 Å². The predicted octanol–water partition coefficient (Wildman–Crippen LogP) is 3.22. The lowest BCUT2D eigenvalue weighted by atomic mass is 10.0. The fraction of sp³-hybridized carbons (Fsp3) is 0.350. The molecule has 0 aromatic heterocycles. The number of methoxy groups -OCH3 is 1. The first kappa shape index (κ1) is 19.5. The van der Waals surface area contributed by atoms with Gasteiger partial charge >= 0.3 is 0 Å². The Kier molecular flexibility index (Phi) is 5.92. The van der Waals surface area contributed by atoms with Crippen molar-refractivity contribution in [1.29, 1.82) is 0 Å². The Morgan fingerprint density at radius 1 is 1.15 bits per heavy atom. The number of halogens is 1. The Morgan fingerprint density at radius 2 is 1.81 bits per heavy atom. The van der Waals surface area contributed by atoms with Crippen molar-refractivity contribution in [2.45, 2.75) is 23.8 Å². The van der Waals surface area contributed by atoms with Crippen LogP contribution in [0, 0.1) is 5.82 Å². The third-order valence-electron chi connectivity index (χ3n) is 4.79. The van der Waals surface area contributed by atoms with Gasteiger partial charge in [-0.2, -0.15) is 0 Å². The summed E-state index contributed by atoms with van der Waals surface area (Å²) in [4.78, 5) is 14.9. The minimum Gasteiger partial charge on any atom is -0.384 e. The molecule has 1 unspecified atom stereocenters. The molecule has 0 saturated carbocycles. The number of carbonyl (C=O) groups is 1. The van der Waals surface area contributed by atoms with Gasteiger partial charge in [-0.3, -0.25) is 4.79 Å². The smallest absolute Gasteiger partial charge is 0.254 e. The van der Waals surface area contributed by atoms with Crippen LogP contribution in [0.25, 0.3) is 0 Å². The van der Waals surface area contributed by atoms with E-state index in [2.05, 4.69) is 0 Å². The lowest BCUT2D eigenvalue weighted by Gasteiger charge is -2.25. The van der Waals surface area contributed by atoms with Crippen LogP contribution >= 0.6 is 0 Å². The molecule has 5 nitrogen and oxygen atoms in total. The van der Waals surface area contributed by atoms with Crippen molar-refractivity contribution in [3.63, 3.8) is 0 Å². The Hall–Kier alpha value is -2.25. The Morgan fingerprint density at radius 3 is 2.44 bits per heavy atom. The van der Waals surface area contributed by atoms with Gasteiger partial charge in [0.05, 0.1) is 23.3 Å². The topological polar surface area (TPSA) is 63.7 Å². The fourth-order valence-electron chi connectivity index (χ4n) is 3.32. The summed E-state index contributed by atoms with van der Waals surface area (Å²) >= 11 is 0. The second-order valence-electron chi connectivity index (χ2n) is 6.54. The molecule has 7 heteroatoms. The van der Waals surface area contributed by atoms with Gasteiger partial charge in [0, 0.05) is 19.2 Å². The van der Waals surface area contributed by atoms with E-state index in [0.29, 0.717) is 12.1 Å². The monoisotopic (exact) mass is 391 g/mol. The van der Waals surface area contributed by atoms with Crippen LogP contribution in [-0.4, -0.2) is 45.2 Å². The van der Waals surface area contributed by atoms with Crippen molar-refractivity contribution in [2.24, 2.45) is 0 Å². The quantitative estimate of drug-likeness (QED) is 0.759. The first-order chi connectivity index (χ1) is 12.9. The number of likely N-dealkylation sites (tertiary alicyclic amines) is 1. The van der Waals surface area contributed by atoms with E-state index in [-0.39, 0.29) is 35.0 Å². The summed E-state index contributed by atoms with van der Waals surface area (Å²) in [5.74, 6) is -0.558. The molecule has 1 amide bonds. The molecule has 0 spiro atoms. The highest BCUT2D eigenvalue weighted by atomic mass is 32.2. The van der Waals surface area contributed by atoms with E-state index in [1.54, 1.807) is 29.2 Å². The Bertz CT molecular complexity index is 895. The van der Waals surface area contributed by atoms with E-state index in [1.165, 1.54) is 31.4 Å². The number of benzene rings is 2. The van der Waals surface area contributed by atoms with Crippen molar-refractivity contribution in [1.82, 2.24) is 4.90 Å². The first-order valence-corrected chi connectivity index (χ1v) is 10.5. The Labute approximate surface area is 158 Å². The normalized spacial score (nSPS) is 17.3. The van der Waals surface area contributed by atoms with Gasteiger partial charge in [0.1, 0.15) is 5.82 Å². The second-order valence-corrected chi connectivity index (χ2v) is 8.65. The number of ether oxygens (including phenoxy) is 1. The molecule has 0 bridgehead atoms. The minimum atomic E-state index is -3.43. The summed E-state index contributed by atoms with van der Waals surface area (Å²) in [7, 11) is -1.98. The molecule has 0 N–H and O–H groups in total. The summed E-state index contributed by atoms with van der Waals surface area (Å²) in [6, 6.07) is 12.1. The van der Waals surface area contributed by atoms with Crippen molar-refractivity contribution in [3.05, 3.63) is 65.5 Å². The van der Waals surface area contributed by atoms with E-state index in [4.69, 9.17) is 4.74 Å². The molecule has 144 valence electrons. The van der Waals surface area contributed by atoms with Crippen molar-refractivity contribution in [2.75, 3.05) is 26.0 Å². The molecule has 0 aliphatic carbocycles. The van der Waals surface area contributed by atoms with Gasteiger partial charge in [-0.25, -0.2) is 12.8 Å². The molecule has 1 atom stereocenters. The molecular weight excluding hydrogens is 369 g/mol. The fourth-order valence-corrected chi connectivity index (χ4v) is 4.50. The SMILES string of the molecule is COCCS(=O)(=O)c1ccc(C(=O)N2CCCC2c2ccc(F)cc2)cc1. The largest absolute Gasteiger partial charge is 0.384 e. The first-order valence-electron chi connectivity index (χ1n) is 8.80. The molecule has 1 heterocycles. The molecule has 27 heavy (non-hydrogen) atoms. The van der Waals surface area contributed by atoms with Gasteiger partial charge in [-0.15, -0.1) is 0 Å². The van der Waals surface area contributed by atoms with Crippen LogP contribution in [-0.2, 0) is 14.6 Å². The zero-order chi connectivity index (χ0) is 19.4. The highest BCUT2D eigenvalue weighted by Gasteiger charge is 2.30. The number of rotatable bonds is 6. The van der Waals surface area contributed by atoms with E-state index in [9.17, 15) is 17.6 Å². The third-order valence-corrected chi connectivity index (χ3v) is 6.48. The zero-order valence-corrected chi connectivity index (χ0v) is 15.9. The van der Waals surface area contributed by atoms with Crippen LogP contribution < -0.4 is 0 Å². The van der Waals surface area contributed by atoms with Crippen LogP contribution in [0.5, 0.6) is 0 Å². The van der Waals surface area contributed by atoms with Crippen molar-refractivity contribution >= 4 is 15.7 Å². The molecule has 2 aromatic rings. The molecule has 0 radical (unpaired) electrons. The van der Waals surface area contributed by atoms with Crippen LogP contribution in [0.15, 0.2) is 53.4 Å². The van der Waals surface area contributed by atoms with E-state index in [1.807, 2.05) is 0 Å². The van der Waals surface area contributed by atoms with E-state index in [0.717, 1.165) is 18.4 Å². The second kappa shape index (κ2) is 8.19. The summed E-state index contributed by atoms with van der Waals surface area (Å²) in [5.41, 5.74) is 1.34. The maximum atomic E-state index is 13.2. The molecular formula is C20H22FNO4S. The maximum absolute atomic E-state index is 13.2. The average Bonchev–Trinajstić information content (AvgIpc) is 3.16. The molecule has 3 rings (SSSR count). The van der Waals surface area contributed by atoms with Crippen molar-refractivity contribution < 1.29 is 22.3 Å². The average molecular weight is 391 g/mol. The number of hydrogen-bond acceptors (Lipinski definition) is 4. The summed E-state index contributed by atoms with van der Waals surface area (Å²) in [6.07, 6.45) is 1.69. The summed E-state index contributed by atoms with van der Waals surface area (Å²) in [5, 5.41) is 0. The number of sulfone groups is 1. The van der Waals surface area contributed by atoms with Gasteiger partial charge in [0.2, 0.25) is 0 Å². The van der Waals surface area contributed by atoms with Crippen molar-refractivity contribution in [3.8, 4) is 0 Å². The predicted molar refractivity (Wildman–Crippen MR) is 99.8 cm³/mol. The minimum absolute atomic E-state index is 0.0942. The number of hydrogen-bond donors (Lipinski definition) is 0. The van der Waals surface area contributed by atoms with Crippen LogP contribution in [0.3, 0.4) is 0 Å².